The summed E-state index contributed by atoms with van der Waals surface area (Å²) in [7, 11) is 5.37. The molecule has 2 bridgehead atoms. The van der Waals surface area contributed by atoms with E-state index >= 15 is 0 Å². The number of ether oxygens (including phenoxy) is 4. The molecular weight excluding hydrogens is 386 g/mol. The third-order valence-electron chi connectivity index (χ3n) is 5.89. The lowest BCUT2D eigenvalue weighted by Crippen LogP contribution is -2.40. The van der Waals surface area contributed by atoms with Crippen LogP contribution in [0.4, 0.5) is 0 Å². The average Bonchev–Trinajstić information content (AvgIpc) is 2.68. The second-order valence-electron chi connectivity index (χ2n) is 7.70. The summed E-state index contributed by atoms with van der Waals surface area (Å²) in [5, 5.41) is 0. The van der Waals surface area contributed by atoms with Crippen LogP contribution >= 0.6 is 0 Å². The van der Waals surface area contributed by atoms with Crippen molar-refractivity contribution in [2.24, 2.45) is 0 Å². The molecule has 2 heterocycles. The normalized spacial score (nSPS) is 19.4. The molecule has 158 valence electrons. The van der Waals surface area contributed by atoms with Crippen LogP contribution in [0.1, 0.15) is 48.2 Å². The first kappa shape index (κ1) is 20.2. The van der Waals surface area contributed by atoms with Crippen LogP contribution in [0, 0.1) is 0 Å². The number of benzene rings is 2. The molecule has 2 aromatic rings. The first-order valence-corrected chi connectivity index (χ1v) is 9.82. The number of methoxy groups -OCH3 is 2. The van der Waals surface area contributed by atoms with Gasteiger partial charge in [-0.15, -0.1) is 0 Å². The van der Waals surface area contributed by atoms with Gasteiger partial charge in [0, 0.05) is 25.9 Å². The molecule has 0 saturated heterocycles. The second kappa shape index (κ2) is 7.65. The Hall–Kier alpha value is -3.06. The molecule has 2 unspecified atom stereocenters. The minimum atomic E-state index is -0.462. The van der Waals surface area contributed by atoms with Gasteiger partial charge in [0.25, 0.3) is 0 Å². The molecule has 7 heteroatoms. The summed E-state index contributed by atoms with van der Waals surface area (Å²) in [6.45, 7) is 2.66. The molecule has 0 N–H and O–H groups in total. The first-order chi connectivity index (χ1) is 14.3. The van der Waals surface area contributed by atoms with Crippen LogP contribution in [0.15, 0.2) is 24.3 Å². The summed E-state index contributed by atoms with van der Waals surface area (Å²) in [6, 6.07) is 8.01. The molecule has 0 amide bonds. The Labute approximate surface area is 175 Å². The van der Waals surface area contributed by atoms with Crippen molar-refractivity contribution in [3.05, 3.63) is 46.5 Å². The fraction of sp³-hybridized carbons (Fsp3) is 0.391. The van der Waals surface area contributed by atoms with Crippen molar-refractivity contribution in [1.29, 1.82) is 0 Å². The molecule has 0 aromatic heterocycles. The summed E-state index contributed by atoms with van der Waals surface area (Å²) in [5.74, 6) is 1.03. The summed E-state index contributed by atoms with van der Waals surface area (Å²) in [4.78, 5) is 25.5. The van der Waals surface area contributed by atoms with Crippen molar-refractivity contribution in [3.63, 3.8) is 0 Å². The Morgan fingerprint density at radius 1 is 0.767 bits per heavy atom. The Morgan fingerprint density at radius 2 is 1.17 bits per heavy atom. The van der Waals surface area contributed by atoms with Crippen LogP contribution in [0.2, 0.25) is 0 Å². The van der Waals surface area contributed by atoms with Gasteiger partial charge < -0.3 is 18.9 Å². The van der Waals surface area contributed by atoms with Crippen molar-refractivity contribution in [3.8, 4) is 23.0 Å². The van der Waals surface area contributed by atoms with Gasteiger partial charge in [-0.2, -0.15) is 0 Å². The number of hydrogen-bond donors (Lipinski definition) is 0. The summed E-state index contributed by atoms with van der Waals surface area (Å²) >= 11 is 0. The third kappa shape index (κ3) is 3.39. The molecule has 2 atom stereocenters. The molecule has 4 rings (SSSR count). The maximum Gasteiger partial charge on any atom is 0.308 e. The lowest BCUT2D eigenvalue weighted by Gasteiger charge is -2.46. The van der Waals surface area contributed by atoms with Crippen molar-refractivity contribution >= 4 is 11.9 Å². The smallest absolute Gasteiger partial charge is 0.308 e. The van der Waals surface area contributed by atoms with Crippen LogP contribution in [-0.4, -0.2) is 38.1 Å². The van der Waals surface area contributed by atoms with E-state index in [1.165, 1.54) is 25.0 Å². The fourth-order valence-corrected chi connectivity index (χ4v) is 4.58. The number of rotatable bonds is 4. The van der Waals surface area contributed by atoms with Gasteiger partial charge in [-0.25, -0.2) is 0 Å². The number of likely N-dealkylation sites (N-methyl/N-ethyl adjacent to an activating group) is 1. The Bertz CT molecular complexity index is 1030. The van der Waals surface area contributed by atoms with E-state index in [9.17, 15) is 9.59 Å². The third-order valence-corrected chi connectivity index (χ3v) is 5.89. The molecule has 0 radical (unpaired) electrons. The van der Waals surface area contributed by atoms with Crippen molar-refractivity contribution in [2.75, 3.05) is 21.3 Å². The fourth-order valence-electron chi connectivity index (χ4n) is 4.58. The maximum absolute atomic E-state index is 11.6. The Balaban J connectivity index is 1.81. The van der Waals surface area contributed by atoms with E-state index in [1.807, 2.05) is 18.2 Å². The van der Waals surface area contributed by atoms with E-state index in [2.05, 4.69) is 18.0 Å². The topological polar surface area (TPSA) is 74.3 Å². The van der Waals surface area contributed by atoms with Gasteiger partial charge in [-0.3, -0.25) is 14.5 Å². The van der Waals surface area contributed by atoms with Gasteiger partial charge in [0.1, 0.15) is 0 Å². The molecule has 2 aromatic carbocycles. The van der Waals surface area contributed by atoms with Crippen LogP contribution in [0.25, 0.3) is 0 Å². The zero-order chi connectivity index (χ0) is 21.6. The number of nitrogens with zero attached hydrogens (tertiary/aromatic N) is 1. The monoisotopic (exact) mass is 411 g/mol. The van der Waals surface area contributed by atoms with Gasteiger partial charge >= 0.3 is 11.9 Å². The standard InChI is InChI=1S/C23H25NO6/c1-12(25)29-22-9-15-7-18-16-10-21(28-5)20(27-4)8-14(16)6-19(24(18)3)17(15)11-23(22)30-13(2)26/h8-11,18-19H,6-7H2,1-5H3. The Morgan fingerprint density at radius 3 is 1.63 bits per heavy atom. The lowest BCUT2D eigenvalue weighted by atomic mass is 9.76. The quantitative estimate of drug-likeness (QED) is 0.564. The number of esters is 2. The van der Waals surface area contributed by atoms with E-state index in [4.69, 9.17) is 18.9 Å². The van der Waals surface area contributed by atoms with E-state index in [0.717, 1.165) is 24.0 Å². The molecule has 2 aliphatic heterocycles. The molecule has 7 nitrogen and oxygen atoms in total. The zero-order valence-corrected chi connectivity index (χ0v) is 17.8. The lowest BCUT2D eigenvalue weighted by molar-refractivity contribution is -0.134. The summed E-state index contributed by atoms with van der Waals surface area (Å²) in [5.41, 5.74) is 4.57. The van der Waals surface area contributed by atoms with Gasteiger partial charge in [0.2, 0.25) is 0 Å². The van der Waals surface area contributed by atoms with E-state index < -0.39 is 11.9 Å². The minimum absolute atomic E-state index is 0.102. The maximum atomic E-state index is 11.6. The number of fused-ring (bicyclic) bond motifs is 6. The second-order valence-corrected chi connectivity index (χ2v) is 7.70. The van der Waals surface area contributed by atoms with E-state index in [0.29, 0.717) is 11.5 Å². The molecule has 30 heavy (non-hydrogen) atoms. The predicted molar refractivity (Wildman–Crippen MR) is 109 cm³/mol. The summed E-state index contributed by atoms with van der Waals surface area (Å²) < 4.78 is 21.7. The van der Waals surface area contributed by atoms with E-state index in [1.54, 1.807) is 14.2 Å². The average molecular weight is 411 g/mol. The highest BCUT2D eigenvalue weighted by molar-refractivity contribution is 5.74. The number of carbonyl (C=O) groups excluding carboxylic acids is 2. The highest BCUT2D eigenvalue weighted by Crippen LogP contribution is 2.50. The minimum Gasteiger partial charge on any atom is -0.493 e. The highest BCUT2D eigenvalue weighted by Gasteiger charge is 2.39. The van der Waals surface area contributed by atoms with Gasteiger partial charge in [0.05, 0.1) is 14.2 Å². The predicted octanol–water partition coefficient (Wildman–Crippen LogP) is 3.38. The van der Waals surface area contributed by atoms with Crippen LogP contribution < -0.4 is 18.9 Å². The summed E-state index contributed by atoms with van der Waals surface area (Å²) in [6.07, 6.45) is 1.52. The zero-order valence-electron chi connectivity index (χ0n) is 17.8. The van der Waals surface area contributed by atoms with E-state index in [-0.39, 0.29) is 23.6 Å². The Kier molecular flexibility index (Phi) is 5.15. The largest absolute Gasteiger partial charge is 0.493 e. The van der Waals surface area contributed by atoms with Crippen molar-refractivity contribution in [2.45, 2.75) is 38.8 Å². The molecule has 2 aliphatic rings. The highest BCUT2D eigenvalue weighted by atomic mass is 16.6. The molecule has 0 saturated carbocycles. The van der Waals surface area contributed by atoms with Gasteiger partial charge in [0.15, 0.2) is 23.0 Å². The first-order valence-electron chi connectivity index (χ1n) is 9.82. The molecule has 0 spiro atoms. The number of carbonyl (C=O) groups is 2. The number of hydrogen-bond acceptors (Lipinski definition) is 7. The SMILES string of the molecule is COc1cc2c(cc1OC)C1Cc3cc(OC(C)=O)c(OC(C)=O)cc3C(C2)N1C. The van der Waals surface area contributed by atoms with Crippen LogP contribution in [0.5, 0.6) is 23.0 Å². The van der Waals surface area contributed by atoms with Crippen molar-refractivity contribution in [1.82, 2.24) is 4.90 Å². The van der Waals surface area contributed by atoms with Crippen LogP contribution in [0.3, 0.4) is 0 Å². The molecular formula is C23H25NO6. The van der Waals surface area contributed by atoms with Crippen LogP contribution in [-0.2, 0) is 22.4 Å². The van der Waals surface area contributed by atoms with Gasteiger partial charge in [-0.05, 0) is 66.4 Å². The van der Waals surface area contributed by atoms with Gasteiger partial charge in [-0.1, -0.05) is 0 Å². The molecule has 0 fully saturated rings. The molecule has 0 aliphatic carbocycles. The van der Waals surface area contributed by atoms with Crippen molar-refractivity contribution < 1.29 is 28.5 Å².